The molecule has 76 valence electrons. The first-order valence-electron chi connectivity index (χ1n) is 4.31. The summed E-state index contributed by atoms with van der Waals surface area (Å²) >= 11 is 0. The van der Waals surface area contributed by atoms with Crippen molar-refractivity contribution in [2.24, 2.45) is 0 Å². The van der Waals surface area contributed by atoms with Crippen LogP contribution in [0.3, 0.4) is 0 Å². The molecule has 14 heavy (non-hydrogen) atoms. The van der Waals surface area contributed by atoms with Crippen molar-refractivity contribution < 1.29 is 9.84 Å². The number of aliphatic hydroxyl groups is 1. The zero-order valence-corrected chi connectivity index (χ0v) is 7.46. The van der Waals surface area contributed by atoms with Crippen molar-refractivity contribution in [3.8, 4) is 0 Å². The van der Waals surface area contributed by atoms with E-state index < -0.39 is 5.69 Å². The number of nitrogen functional groups attached to an aromatic ring is 1. The van der Waals surface area contributed by atoms with Crippen molar-refractivity contribution >= 4 is 5.82 Å². The Balaban J connectivity index is 2.15. The third-order valence-electron chi connectivity index (χ3n) is 2.18. The maximum absolute atomic E-state index is 11.3. The molecule has 0 aromatic carbocycles. The first-order valence-corrected chi connectivity index (χ1v) is 4.31. The zero-order chi connectivity index (χ0) is 10.1. The lowest BCUT2D eigenvalue weighted by Gasteiger charge is -2.35. The van der Waals surface area contributed by atoms with Crippen LogP contribution >= 0.6 is 0 Å². The van der Waals surface area contributed by atoms with E-state index in [-0.39, 0.29) is 24.8 Å². The van der Waals surface area contributed by atoms with Crippen LogP contribution in [0.1, 0.15) is 12.6 Å². The molecule has 0 radical (unpaired) electrons. The van der Waals surface area contributed by atoms with Crippen molar-refractivity contribution in [2.75, 3.05) is 12.3 Å². The number of nitrogens with zero attached hydrogens (tertiary/aromatic N) is 2. The summed E-state index contributed by atoms with van der Waals surface area (Å²) in [4.78, 5) is 14.9. The van der Waals surface area contributed by atoms with Gasteiger partial charge in [0.1, 0.15) is 12.0 Å². The molecule has 2 unspecified atom stereocenters. The van der Waals surface area contributed by atoms with E-state index in [0.717, 1.165) is 0 Å². The molecule has 2 rings (SSSR count). The number of hydrogen-bond donors (Lipinski definition) is 2. The normalized spacial score (nSPS) is 25.8. The fourth-order valence-corrected chi connectivity index (χ4v) is 1.38. The van der Waals surface area contributed by atoms with Gasteiger partial charge in [0.25, 0.3) is 0 Å². The molecule has 0 bridgehead atoms. The summed E-state index contributed by atoms with van der Waals surface area (Å²) in [5, 5.41) is 8.72. The molecule has 2 atom stereocenters. The van der Waals surface area contributed by atoms with Crippen molar-refractivity contribution in [1.29, 1.82) is 0 Å². The van der Waals surface area contributed by atoms with Gasteiger partial charge in [-0.2, -0.15) is 4.98 Å². The summed E-state index contributed by atoms with van der Waals surface area (Å²) in [5.41, 5.74) is 4.91. The van der Waals surface area contributed by atoms with Crippen LogP contribution in [0.5, 0.6) is 0 Å². The van der Waals surface area contributed by atoms with E-state index in [0.29, 0.717) is 6.42 Å². The van der Waals surface area contributed by atoms with E-state index in [4.69, 9.17) is 15.6 Å². The Morgan fingerprint density at radius 1 is 1.79 bits per heavy atom. The predicted octanol–water partition coefficient (Wildman–Crippen LogP) is -0.895. The molecule has 1 aliphatic rings. The van der Waals surface area contributed by atoms with Crippen LogP contribution in [-0.2, 0) is 4.74 Å². The van der Waals surface area contributed by atoms with Gasteiger partial charge < -0.3 is 15.6 Å². The van der Waals surface area contributed by atoms with E-state index in [2.05, 4.69) is 4.98 Å². The minimum atomic E-state index is -0.425. The lowest BCUT2D eigenvalue weighted by Crippen LogP contribution is -2.41. The van der Waals surface area contributed by atoms with Gasteiger partial charge in [-0.25, -0.2) is 4.79 Å². The fourth-order valence-electron chi connectivity index (χ4n) is 1.38. The molecule has 6 nitrogen and oxygen atoms in total. The van der Waals surface area contributed by atoms with Gasteiger partial charge >= 0.3 is 5.69 Å². The van der Waals surface area contributed by atoms with E-state index in [1.54, 1.807) is 6.20 Å². The lowest BCUT2D eigenvalue weighted by molar-refractivity contribution is -0.181. The Morgan fingerprint density at radius 2 is 2.50 bits per heavy atom. The highest BCUT2D eigenvalue weighted by Gasteiger charge is 2.31. The van der Waals surface area contributed by atoms with Crippen LogP contribution < -0.4 is 11.4 Å². The van der Waals surface area contributed by atoms with Crippen LogP contribution in [-0.4, -0.2) is 27.4 Å². The fraction of sp³-hybridized carbons (Fsp3) is 0.500. The minimum Gasteiger partial charge on any atom is -0.394 e. The van der Waals surface area contributed by atoms with Crippen molar-refractivity contribution in [3.63, 3.8) is 0 Å². The third-order valence-corrected chi connectivity index (χ3v) is 2.18. The Kier molecular flexibility index (Phi) is 2.22. The third kappa shape index (κ3) is 1.49. The first kappa shape index (κ1) is 9.17. The number of hydrogen-bond acceptors (Lipinski definition) is 5. The molecular formula is C8H11N3O3. The maximum atomic E-state index is 11.3. The van der Waals surface area contributed by atoms with Crippen molar-refractivity contribution in [1.82, 2.24) is 9.55 Å². The van der Waals surface area contributed by atoms with Gasteiger partial charge in [-0.05, 0) is 6.07 Å². The predicted molar refractivity (Wildman–Crippen MR) is 48.5 cm³/mol. The number of anilines is 1. The Morgan fingerprint density at radius 3 is 3.07 bits per heavy atom. The number of aliphatic hydroxyl groups excluding tert-OH is 1. The molecule has 0 saturated carbocycles. The van der Waals surface area contributed by atoms with Gasteiger partial charge in [0.2, 0.25) is 0 Å². The van der Waals surface area contributed by atoms with Gasteiger partial charge in [-0.3, -0.25) is 4.57 Å². The van der Waals surface area contributed by atoms with Gasteiger partial charge in [0.15, 0.2) is 0 Å². The van der Waals surface area contributed by atoms with Crippen LogP contribution in [0.2, 0.25) is 0 Å². The molecule has 2 heterocycles. The largest absolute Gasteiger partial charge is 0.394 e. The highest BCUT2D eigenvalue weighted by molar-refractivity contribution is 5.23. The smallest absolute Gasteiger partial charge is 0.351 e. The first-order chi connectivity index (χ1) is 6.70. The average Bonchev–Trinajstić information content (AvgIpc) is 2.06. The second-order valence-electron chi connectivity index (χ2n) is 3.17. The maximum Gasteiger partial charge on any atom is 0.351 e. The summed E-state index contributed by atoms with van der Waals surface area (Å²) < 4.78 is 6.59. The van der Waals surface area contributed by atoms with E-state index in [9.17, 15) is 4.79 Å². The summed E-state index contributed by atoms with van der Waals surface area (Å²) in [6.07, 6.45) is 1.70. The SMILES string of the molecule is Nc1ccn(C2CC(CO)O2)c(=O)n1. The summed E-state index contributed by atoms with van der Waals surface area (Å²) in [7, 11) is 0. The average molecular weight is 197 g/mol. The molecule has 0 aliphatic carbocycles. The summed E-state index contributed by atoms with van der Waals surface area (Å²) in [6.45, 7) is -0.0202. The molecule has 1 fully saturated rings. The van der Waals surface area contributed by atoms with Gasteiger partial charge in [-0.1, -0.05) is 0 Å². The Bertz CT molecular complexity index is 384. The highest BCUT2D eigenvalue weighted by Crippen LogP contribution is 2.28. The second kappa shape index (κ2) is 3.39. The minimum absolute atomic E-state index is 0.0202. The molecule has 3 N–H and O–H groups in total. The summed E-state index contributed by atoms with van der Waals surface area (Å²) in [6, 6.07) is 1.54. The molecule has 6 heteroatoms. The number of aromatic nitrogens is 2. The molecule has 0 amide bonds. The van der Waals surface area contributed by atoms with Crippen molar-refractivity contribution in [3.05, 3.63) is 22.7 Å². The van der Waals surface area contributed by atoms with Crippen LogP contribution in [0.4, 0.5) is 5.82 Å². The zero-order valence-electron chi connectivity index (χ0n) is 7.46. The second-order valence-corrected chi connectivity index (χ2v) is 3.17. The molecular weight excluding hydrogens is 186 g/mol. The number of nitrogens with two attached hydrogens (primary N) is 1. The van der Waals surface area contributed by atoms with Gasteiger partial charge in [-0.15, -0.1) is 0 Å². The van der Waals surface area contributed by atoms with Crippen molar-refractivity contribution in [2.45, 2.75) is 18.8 Å². The number of ether oxygens (including phenoxy) is 1. The standard InChI is InChI=1S/C8H11N3O3/c9-6-1-2-11(8(13)10-6)7-3-5(4-12)14-7/h1-2,5,7,12H,3-4H2,(H2,9,10,13). The van der Waals surface area contributed by atoms with E-state index >= 15 is 0 Å². The quantitative estimate of drug-likeness (QED) is 0.641. The molecule has 1 aromatic heterocycles. The molecule has 1 aliphatic heterocycles. The topological polar surface area (TPSA) is 90.4 Å². The monoisotopic (exact) mass is 197 g/mol. The molecule has 0 spiro atoms. The van der Waals surface area contributed by atoms with Gasteiger partial charge in [0, 0.05) is 12.6 Å². The van der Waals surface area contributed by atoms with Gasteiger partial charge in [0.05, 0.1) is 12.7 Å². The van der Waals surface area contributed by atoms with Crippen LogP contribution in [0.15, 0.2) is 17.1 Å². The Hall–Kier alpha value is -1.40. The Labute approximate surface area is 79.9 Å². The number of rotatable bonds is 2. The highest BCUT2D eigenvalue weighted by atomic mass is 16.5. The van der Waals surface area contributed by atoms with E-state index in [1.165, 1.54) is 10.6 Å². The lowest BCUT2D eigenvalue weighted by atomic mass is 10.1. The molecule has 1 saturated heterocycles. The van der Waals surface area contributed by atoms with Crippen LogP contribution in [0.25, 0.3) is 0 Å². The van der Waals surface area contributed by atoms with Crippen LogP contribution in [0, 0.1) is 0 Å². The van der Waals surface area contributed by atoms with E-state index in [1.807, 2.05) is 0 Å². The molecule has 1 aromatic rings. The summed E-state index contributed by atoms with van der Waals surface area (Å²) in [5.74, 6) is 0.198.